The van der Waals surface area contributed by atoms with E-state index in [9.17, 15) is 4.79 Å². The fourth-order valence-electron chi connectivity index (χ4n) is 1.81. The number of fused-ring (bicyclic) bond motifs is 1. The van der Waals surface area contributed by atoms with E-state index < -0.39 is 0 Å². The Hall–Kier alpha value is -2.76. The van der Waals surface area contributed by atoms with Crippen molar-refractivity contribution in [2.75, 3.05) is 5.32 Å². The molecule has 0 unspecified atom stereocenters. The van der Waals surface area contributed by atoms with Crippen molar-refractivity contribution in [2.24, 2.45) is 0 Å². The van der Waals surface area contributed by atoms with Crippen LogP contribution >= 0.6 is 0 Å². The van der Waals surface area contributed by atoms with Crippen LogP contribution in [0.3, 0.4) is 0 Å². The first-order valence-electron chi connectivity index (χ1n) is 5.79. The molecule has 3 rings (SSSR count). The Morgan fingerprint density at radius 1 is 1.21 bits per heavy atom. The van der Waals surface area contributed by atoms with E-state index in [2.05, 4.69) is 20.3 Å². The molecule has 2 heterocycles. The number of benzene rings is 1. The van der Waals surface area contributed by atoms with Gasteiger partial charge in [0.05, 0.1) is 12.5 Å². The molecule has 0 bridgehead atoms. The Morgan fingerprint density at radius 3 is 2.89 bits per heavy atom. The molecule has 0 saturated heterocycles. The van der Waals surface area contributed by atoms with Gasteiger partial charge in [0.2, 0.25) is 5.91 Å². The van der Waals surface area contributed by atoms with Gasteiger partial charge in [0.15, 0.2) is 5.65 Å². The summed E-state index contributed by atoms with van der Waals surface area (Å²) in [7, 11) is 0. The molecule has 1 amide bonds. The van der Waals surface area contributed by atoms with Crippen LogP contribution in [-0.2, 0) is 11.3 Å². The number of nitrogens with one attached hydrogen (secondary N) is 1. The molecule has 6 nitrogen and oxygen atoms in total. The minimum atomic E-state index is -0.116. The number of para-hydroxylation sites is 1. The lowest BCUT2D eigenvalue weighted by Gasteiger charge is -2.06. The van der Waals surface area contributed by atoms with Gasteiger partial charge in [-0.15, -0.1) is 0 Å². The molecule has 1 aromatic carbocycles. The van der Waals surface area contributed by atoms with E-state index in [1.165, 1.54) is 6.33 Å². The molecular formula is C13H11N5O. The van der Waals surface area contributed by atoms with Gasteiger partial charge in [-0.05, 0) is 12.1 Å². The van der Waals surface area contributed by atoms with Crippen molar-refractivity contribution in [3.8, 4) is 0 Å². The zero-order chi connectivity index (χ0) is 13.1. The first-order chi connectivity index (χ1) is 9.33. The maximum Gasteiger partial charge on any atom is 0.244 e. The third-order valence-electron chi connectivity index (χ3n) is 2.67. The highest BCUT2D eigenvalue weighted by Crippen LogP contribution is 2.09. The van der Waals surface area contributed by atoms with Gasteiger partial charge in [0, 0.05) is 5.69 Å². The highest BCUT2D eigenvalue weighted by atomic mass is 16.1. The lowest BCUT2D eigenvalue weighted by Crippen LogP contribution is -2.18. The lowest BCUT2D eigenvalue weighted by molar-refractivity contribution is -0.116. The van der Waals surface area contributed by atoms with Crippen LogP contribution in [0.5, 0.6) is 0 Å². The molecule has 0 saturated carbocycles. The molecule has 19 heavy (non-hydrogen) atoms. The number of rotatable bonds is 3. The predicted octanol–water partition coefficient (Wildman–Crippen LogP) is 1.46. The first-order valence-corrected chi connectivity index (χ1v) is 5.79. The highest BCUT2D eigenvalue weighted by molar-refractivity contribution is 5.91. The number of nitrogens with zero attached hydrogens (tertiary/aromatic N) is 4. The molecular weight excluding hydrogens is 242 g/mol. The van der Waals surface area contributed by atoms with E-state index in [0.717, 1.165) is 11.2 Å². The smallest absolute Gasteiger partial charge is 0.244 e. The summed E-state index contributed by atoms with van der Waals surface area (Å²) in [4.78, 5) is 24.0. The van der Waals surface area contributed by atoms with E-state index >= 15 is 0 Å². The molecule has 0 aliphatic rings. The quantitative estimate of drug-likeness (QED) is 0.767. The van der Waals surface area contributed by atoms with E-state index in [-0.39, 0.29) is 12.5 Å². The Bertz CT molecular complexity index is 707. The summed E-state index contributed by atoms with van der Waals surface area (Å²) in [6.07, 6.45) is 4.67. The minimum absolute atomic E-state index is 0.116. The molecule has 0 atom stereocenters. The number of imidazole rings is 1. The van der Waals surface area contributed by atoms with Crippen molar-refractivity contribution in [2.45, 2.75) is 6.54 Å². The molecule has 0 fully saturated rings. The van der Waals surface area contributed by atoms with Crippen LogP contribution in [0.25, 0.3) is 11.2 Å². The minimum Gasteiger partial charge on any atom is -0.325 e. The molecule has 0 aliphatic carbocycles. The molecule has 2 aromatic heterocycles. The fraction of sp³-hybridized carbons (Fsp3) is 0.0769. The van der Waals surface area contributed by atoms with Gasteiger partial charge in [0.25, 0.3) is 0 Å². The topological polar surface area (TPSA) is 72.7 Å². The summed E-state index contributed by atoms with van der Waals surface area (Å²) in [5.41, 5.74) is 2.10. The number of hydrogen-bond donors (Lipinski definition) is 1. The summed E-state index contributed by atoms with van der Waals surface area (Å²) in [5.74, 6) is -0.116. The predicted molar refractivity (Wildman–Crippen MR) is 70.4 cm³/mol. The van der Waals surface area contributed by atoms with Crippen LogP contribution in [0.15, 0.2) is 49.2 Å². The molecule has 94 valence electrons. The summed E-state index contributed by atoms with van der Waals surface area (Å²) < 4.78 is 1.72. The summed E-state index contributed by atoms with van der Waals surface area (Å²) >= 11 is 0. The largest absolute Gasteiger partial charge is 0.325 e. The normalized spacial score (nSPS) is 10.5. The summed E-state index contributed by atoms with van der Waals surface area (Å²) in [6.45, 7) is 0.179. The Balaban J connectivity index is 1.76. The van der Waals surface area contributed by atoms with Gasteiger partial charge in [-0.25, -0.2) is 15.0 Å². The van der Waals surface area contributed by atoms with Crippen LogP contribution < -0.4 is 5.32 Å². The zero-order valence-electron chi connectivity index (χ0n) is 10.0. The number of amides is 1. The number of carbonyl (C=O) groups excluding carboxylic acids is 1. The maximum absolute atomic E-state index is 11.9. The third kappa shape index (κ3) is 2.42. The monoisotopic (exact) mass is 253 g/mol. The van der Waals surface area contributed by atoms with Gasteiger partial charge < -0.3 is 9.88 Å². The molecule has 0 radical (unpaired) electrons. The third-order valence-corrected chi connectivity index (χ3v) is 2.67. The van der Waals surface area contributed by atoms with Gasteiger partial charge in [0.1, 0.15) is 18.4 Å². The Kier molecular flexibility index (Phi) is 2.89. The molecule has 0 spiro atoms. The summed E-state index contributed by atoms with van der Waals surface area (Å²) in [5, 5.41) is 2.82. The number of hydrogen-bond acceptors (Lipinski definition) is 4. The standard InChI is InChI=1S/C13H11N5O/c19-12(17-10-4-2-1-3-5-10)7-18-9-16-13-11(18)6-14-8-15-13/h1-6,8-9H,7H2,(H,17,19). The van der Waals surface area contributed by atoms with Gasteiger partial charge in [-0.1, -0.05) is 18.2 Å². The molecule has 3 aromatic rings. The van der Waals surface area contributed by atoms with Gasteiger partial charge in [-0.3, -0.25) is 4.79 Å². The average molecular weight is 253 g/mol. The zero-order valence-corrected chi connectivity index (χ0v) is 10.0. The Morgan fingerprint density at radius 2 is 2.05 bits per heavy atom. The highest BCUT2D eigenvalue weighted by Gasteiger charge is 2.07. The van der Waals surface area contributed by atoms with Gasteiger partial charge >= 0.3 is 0 Å². The van der Waals surface area contributed by atoms with Crippen molar-refractivity contribution in [1.29, 1.82) is 0 Å². The second-order valence-electron chi connectivity index (χ2n) is 4.02. The van der Waals surface area contributed by atoms with Crippen molar-refractivity contribution in [1.82, 2.24) is 19.5 Å². The number of aromatic nitrogens is 4. The fourth-order valence-corrected chi connectivity index (χ4v) is 1.81. The first kappa shape index (κ1) is 11.3. The van der Waals surface area contributed by atoms with E-state index in [4.69, 9.17) is 0 Å². The van der Waals surface area contributed by atoms with Crippen molar-refractivity contribution in [3.05, 3.63) is 49.2 Å². The van der Waals surface area contributed by atoms with Crippen LogP contribution in [0.1, 0.15) is 0 Å². The van der Waals surface area contributed by atoms with Crippen LogP contribution in [0.2, 0.25) is 0 Å². The van der Waals surface area contributed by atoms with Crippen LogP contribution in [0.4, 0.5) is 5.69 Å². The van der Waals surface area contributed by atoms with Crippen molar-refractivity contribution >= 4 is 22.8 Å². The molecule has 1 N–H and O–H groups in total. The van der Waals surface area contributed by atoms with Crippen LogP contribution in [0, 0.1) is 0 Å². The second-order valence-corrected chi connectivity index (χ2v) is 4.02. The average Bonchev–Trinajstić information content (AvgIpc) is 2.83. The molecule has 6 heteroatoms. The maximum atomic E-state index is 11.9. The number of carbonyl (C=O) groups is 1. The van der Waals surface area contributed by atoms with Crippen molar-refractivity contribution in [3.63, 3.8) is 0 Å². The number of anilines is 1. The van der Waals surface area contributed by atoms with E-state index in [0.29, 0.717) is 5.65 Å². The van der Waals surface area contributed by atoms with E-state index in [1.807, 2.05) is 30.3 Å². The second kappa shape index (κ2) is 4.85. The summed E-state index contributed by atoms with van der Waals surface area (Å²) in [6, 6.07) is 9.32. The molecule has 0 aliphatic heterocycles. The van der Waals surface area contributed by atoms with E-state index in [1.54, 1.807) is 17.1 Å². The van der Waals surface area contributed by atoms with Gasteiger partial charge in [-0.2, -0.15) is 0 Å². The lowest BCUT2D eigenvalue weighted by atomic mass is 10.3. The van der Waals surface area contributed by atoms with Crippen molar-refractivity contribution < 1.29 is 4.79 Å². The SMILES string of the molecule is O=C(Cn1cnc2ncncc21)Nc1ccccc1. The Labute approximate surface area is 109 Å². The van der Waals surface area contributed by atoms with Crippen LogP contribution in [-0.4, -0.2) is 25.4 Å².